The molecule has 0 spiro atoms. The molecule has 0 N–H and O–H groups in total. The molecule has 5 rings (SSSR count). The Balaban J connectivity index is 1.57. The summed E-state index contributed by atoms with van der Waals surface area (Å²) < 4.78 is 7.91. The van der Waals surface area contributed by atoms with Crippen LogP contribution in [0.5, 0.6) is 0 Å². The number of piperidine rings is 1. The van der Waals surface area contributed by atoms with Gasteiger partial charge in [-0.1, -0.05) is 12.5 Å². The third-order valence-electron chi connectivity index (χ3n) is 6.03. The summed E-state index contributed by atoms with van der Waals surface area (Å²) in [4.78, 5) is 23.2. The van der Waals surface area contributed by atoms with Gasteiger partial charge in [0.1, 0.15) is 10.7 Å². The molecule has 7 heteroatoms. The quantitative estimate of drug-likeness (QED) is 0.588. The number of hydrogen-bond donors (Lipinski definition) is 0. The normalized spacial score (nSPS) is 21.0. The van der Waals surface area contributed by atoms with Crippen molar-refractivity contribution in [1.82, 2.24) is 14.5 Å². The monoisotopic (exact) mass is 429 g/mol. The maximum absolute atomic E-state index is 13.7. The summed E-state index contributed by atoms with van der Waals surface area (Å²) in [5, 5.41) is 4.93. The van der Waals surface area contributed by atoms with E-state index in [1.807, 2.05) is 10.6 Å². The molecule has 0 radical (unpaired) electrons. The topological polar surface area (TPSA) is 47.4 Å². The van der Waals surface area contributed by atoms with Crippen molar-refractivity contribution < 1.29 is 4.74 Å². The average molecular weight is 430 g/mol. The number of ether oxygens (including phenoxy) is 1. The molecule has 0 aromatic carbocycles. The number of likely N-dealkylation sites (tertiary alicyclic amines) is 1. The van der Waals surface area contributed by atoms with Gasteiger partial charge in [0.15, 0.2) is 0 Å². The van der Waals surface area contributed by atoms with E-state index >= 15 is 0 Å². The van der Waals surface area contributed by atoms with E-state index in [4.69, 9.17) is 9.72 Å². The van der Waals surface area contributed by atoms with Gasteiger partial charge in [-0.15, -0.1) is 22.7 Å². The number of thiophene rings is 2. The summed E-state index contributed by atoms with van der Waals surface area (Å²) in [5.41, 5.74) is 1.13. The van der Waals surface area contributed by atoms with Gasteiger partial charge in [0.05, 0.1) is 24.6 Å². The van der Waals surface area contributed by atoms with E-state index < -0.39 is 0 Å². The van der Waals surface area contributed by atoms with Gasteiger partial charge in [-0.05, 0) is 56.6 Å². The standard InChI is InChI=1S/C22H27N3O2S2/c26-22-20-17(18-8-6-12-28-18)15-29-21(20)23-19(14-24-9-3-1-4-10-24)25(22)13-16-7-2-5-11-27-16/h6,8,12,15-16H,1-5,7,9-11,13-14H2. The summed E-state index contributed by atoms with van der Waals surface area (Å²) in [7, 11) is 0. The molecule has 0 bridgehead atoms. The Kier molecular flexibility index (Phi) is 5.81. The van der Waals surface area contributed by atoms with Crippen LogP contribution in [0.1, 0.15) is 44.3 Å². The first-order valence-corrected chi connectivity index (χ1v) is 12.4. The van der Waals surface area contributed by atoms with Crippen LogP contribution in [-0.4, -0.2) is 40.3 Å². The third-order valence-corrected chi connectivity index (χ3v) is 7.81. The van der Waals surface area contributed by atoms with E-state index in [2.05, 4.69) is 21.7 Å². The number of fused-ring (bicyclic) bond motifs is 1. The molecule has 0 amide bonds. The Labute approximate surface area is 179 Å². The predicted octanol–water partition coefficient (Wildman–Crippen LogP) is 4.74. The summed E-state index contributed by atoms with van der Waals surface area (Å²) in [6.45, 7) is 4.36. The number of hydrogen-bond acceptors (Lipinski definition) is 6. The smallest absolute Gasteiger partial charge is 0.263 e. The molecule has 2 fully saturated rings. The molecule has 0 aliphatic carbocycles. The van der Waals surface area contributed by atoms with Crippen molar-refractivity contribution in [1.29, 1.82) is 0 Å². The molecule has 2 aliphatic rings. The van der Waals surface area contributed by atoms with Crippen molar-refractivity contribution >= 4 is 32.9 Å². The van der Waals surface area contributed by atoms with E-state index in [9.17, 15) is 4.79 Å². The molecule has 1 atom stereocenters. The van der Waals surface area contributed by atoms with E-state index in [1.165, 1.54) is 25.7 Å². The molecular formula is C22H27N3O2S2. The fourth-order valence-corrected chi connectivity index (χ4v) is 6.23. The average Bonchev–Trinajstić information content (AvgIpc) is 3.42. The van der Waals surface area contributed by atoms with Gasteiger partial charge in [0.25, 0.3) is 5.56 Å². The van der Waals surface area contributed by atoms with E-state index in [-0.39, 0.29) is 11.7 Å². The van der Waals surface area contributed by atoms with Crippen LogP contribution in [-0.2, 0) is 17.8 Å². The molecule has 5 nitrogen and oxygen atoms in total. The van der Waals surface area contributed by atoms with E-state index in [1.54, 1.807) is 22.7 Å². The highest BCUT2D eigenvalue weighted by atomic mass is 32.1. The second kappa shape index (κ2) is 8.68. The summed E-state index contributed by atoms with van der Waals surface area (Å²) in [5.74, 6) is 0.901. The zero-order valence-electron chi connectivity index (χ0n) is 16.6. The second-order valence-corrected chi connectivity index (χ2v) is 9.88. The van der Waals surface area contributed by atoms with Gasteiger partial charge in [-0.3, -0.25) is 14.3 Å². The van der Waals surface area contributed by atoms with Crippen LogP contribution in [0.4, 0.5) is 0 Å². The Morgan fingerprint density at radius 1 is 1.14 bits per heavy atom. The number of rotatable bonds is 5. The van der Waals surface area contributed by atoms with Crippen LogP contribution >= 0.6 is 22.7 Å². The van der Waals surface area contributed by atoms with Gasteiger partial charge >= 0.3 is 0 Å². The molecule has 29 heavy (non-hydrogen) atoms. The second-order valence-electron chi connectivity index (χ2n) is 8.08. The first-order valence-electron chi connectivity index (χ1n) is 10.7. The van der Waals surface area contributed by atoms with Crippen LogP contribution in [0.25, 0.3) is 20.7 Å². The van der Waals surface area contributed by atoms with Gasteiger partial charge in [-0.25, -0.2) is 4.98 Å². The summed E-state index contributed by atoms with van der Waals surface area (Å²) in [6.07, 6.45) is 7.21. The molecule has 2 aliphatic heterocycles. The minimum atomic E-state index is 0.0980. The number of aromatic nitrogens is 2. The van der Waals surface area contributed by atoms with Crippen LogP contribution in [0.15, 0.2) is 27.7 Å². The Morgan fingerprint density at radius 2 is 2.03 bits per heavy atom. The van der Waals surface area contributed by atoms with Crippen LogP contribution < -0.4 is 5.56 Å². The lowest BCUT2D eigenvalue weighted by molar-refractivity contribution is 0.00445. The first kappa shape index (κ1) is 19.4. The highest BCUT2D eigenvalue weighted by molar-refractivity contribution is 7.18. The van der Waals surface area contributed by atoms with Crippen LogP contribution in [0, 0.1) is 0 Å². The van der Waals surface area contributed by atoms with Crippen molar-refractivity contribution in [3.05, 3.63) is 39.1 Å². The zero-order chi connectivity index (χ0) is 19.6. The van der Waals surface area contributed by atoms with Crippen molar-refractivity contribution in [2.45, 2.75) is 57.7 Å². The summed E-state index contributed by atoms with van der Waals surface area (Å²) >= 11 is 3.27. The molecule has 3 aromatic rings. The Hall–Kier alpha value is -1.54. The SMILES string of the molecule is O=c1c2c(-c3cccs3)csc2nc(CN2CCCCC2)n1CC1CCCCO1. The molecule has 2 saturated heterocycles. The van der Waals surface area contributed by atoms with Crippen LogP contribution in [0.3, 0.4) is 0 Å². The van der Waals surface area contributed by atoms with Crippen molar-refractivity contribution in [3.8, 4) is 10.4 Å². The van der Waals surface area contributed by atoms with E-state index in [0.29, 0.717) is 6.54 Å². The van der Waals surface area contributed by atoms with Gasteiger partial charge < -0.3 is 4.74 Å². The first-order chi connectivity index (χ1) is 14.3. The molecule has 3 aromatic heterocycles. The molecule has 154 valence electrons. The van der Waals surface area contributed by atoms with Gasteiger partial charge in [-0.2, -0.15) is 0 Å². The Bertz CT molecular complexity index is 1010. The lowest BCUT2D eigenvalue weighted by Gasteiger charge is -2.28. The lowest BCUT2D eigenvalue weighted by Crippen LogP contribution is -2.37. The van der Waals surface area contributed by atoms with Gasteiger partial charge in [0.2, 0.25) is 0 Å². The number of nitrogens with zero attached hydrogens (tertiary/aromatic N) is 3. The molecule has 0 saturated carbocycles. The molecular weight excluding hydrogens is 402 g/mol. The maximum atomic E-state index is 13.7. The predicted molar refractivity (Wildman–Crippen MR) is 120 cm³/mol. The van der Waals surface area contributed by atoms with Crippen LogP contribution in [0.2, 0.25) is 0 Å². The van der Waals surface area contributed by atoms with Crippen molar-refractivity contribution in [2.75, 3.05) is 19.7 Å². The van der Waals surface area contributed by atoms with Crippen molar-refractivity contribution in [3.63, 3.8) is 0 Å². The lowest BCUT2D eigenvalue weighted by atomic mass is 10.1. The highest BCUT2D eigenvalue weighted by Gasteiger charge is 2.23. The maximum Gasteiger partial charge on any atom is 0.263 e. The summed E-state index contributed by atoms with van der Waals surface area (Å²) in [6, 6.07) is 4.12. The molecule has 1 unspecified atom stereocenters. The third kappa shape index (κ3) is 4.06. The molecule has 5 heterocycles. The van der Waals surface area contributed by atoms with Gasteiger partial charge in [0, 0.05) is 22.4 Å². The zero-order valence-corrected chi connectivity index (χ0v) is 18.3. The van der Waals surface area contributed by atoms with E-state index in [0.717, 1.165) is 65.6 Å². The van der Waals surface area contributed by atoms with Crippen molar-refractivity contribution in [2.24, 2.45) is 0 Å². The Morgan fingerprint density at radius 3 is 2.79 bits per heavy atom. The fourth-order valence-electron chi connectivity index (χ4n) is 4.46. The fraction of sp³-hybridized carbons (Fsp3) is 0.545. The largest absolute Gasteiger partial charge is 0.376 e. The minimum absolute atomic E-state index is 0.0980. The minimum Gasteiger partial charge on any atom is -0.376 e. The highest BCUT2D eigenvalue weighted by Crippen LogP contribution is 2.34.